The molecule has 3 aromatic rings. The number of aromatic nitrogens is 2. The minimum absolute atomic E-state index is 0.229. The Hall–Kier alpha value is -2.53. The fraction of sp³-hybridized carbons (Fsp3) is 0.409. The number of nitrogen functional groups attached to an aromatic ring is 1. The summed E-state index contributed by atoms with van der Waals surface area (Å²) in [7, 11) is 0. The number of aryl methyl sites for hydroxylation is 2. The highest BCUT2D eigenvalue weighted by Gasteiger charge is 2.22. The summed E-state index contributed by atoms with van der Waals surface area (Å²) in [6.45, 7) is 5.72. The van der Waals surface area contributed by atoms with Crippen LogP contribution in [0.4, 0.5) is 5.95 Å². The third-order valence-corrected chi connectivity index (χ3v) is 4.92. The number of nitrogens with two attached hydrogens (primary N) is 1. The molecule has 0 radical (unpaired) electrons. The molecule has 5 nitrogen and oxygen atoms in total. The molecular formula is C22H30N3O2+. The van der Waals surface area contributed by atoms with Gasteiger partial charge < -0.3 is 9.84 Å². The molecule has 0 amide bonds. The van der Waals surface area contributed by atoms with Crippen molar-refractivity contribution in [2.45, 2.75) is 52.3 Å². The Balaban J connectivity index is 1.75. The summed E-state index contributed by atoms with van der Waals surface area (Å²) >= 11 is 0. The van der Waals surface area contributed by atoms with Gasteiger partial charge in [-0.05, 0) is 37.1 Å². The number of unbranched alkanes of at least 4 members (excludes halogenated alkanes) is 2. The standard InChI is InChI=1S/C22H29N3O2/c1-3-4-9-14-24-19-11-6-7-12-20(19)25(22(24)23)15-18(26)16-27-21-13-8-5-10-17(21)2/h5-8,10-13,18,23,26H,3-4,9,14-16H2,1-2H3/p+1/t18-/m1/s1. The van der Waals surface area contributed by atoms with Gasteiger partial charge in [0.25, 0.3) is 0 Å². The van der Waals surface area contributed by atoms with E-state index in [0.29, 0.717) is 12.5 Å². The number of benzene rings is 2. The highest BCUT2D eigenvalue weighted by molar-refractivity contribution is 5.73. The lowest BCUT2D eigenvalue weighted by Crippen LogP contribution is -2.44. The zero-order valence-corrected chi connectivity index (χ0v) is 16.3. The second-order valence-electron chi connectivity index (χ2n) is 7.05. The van der Waals surface area contributed by atoms with Crippen LogP contribution in [0.5, 0.6) is 5.75 Å². The predicted molar refractivity (Wildman–Crippen MR) is 109 cm³/mol. The van der Waals surface area contributed by atoms with Crippen molar-refractivity contribution in [3.8, 4) is 5.75 Å². The van der Waals surface area contributed by atoms with Crippen LogP contribution in [-0.4, -0.2) is 22.4 Å². The van der Waals surface area contributed by atoms with Gasteiger partial charge >= 0.3 is 5.95 Å². The Morgan fingerprint density at radius 2 is 1.85 bits per heavy atom. The van der Waals surface area contributed by atoms with Gasteiger partial charge in [0.2, 0.25) is 0 Å². The second kappa shape index (κ2) is 8.91. The van der Waals surface area contributed by atoms with Gasteiger partial charge in [0.1, 0.15) is 36.0 Å². The fourth-order valence-electron chi connectivity index (χ4n) is 3.43. The number of hydrogen-bond acceptors (Lipinski definition) is 3. The van der Waals surface area contributed by atoms with E-state index >= 15 is 0 Å². The second-order valence-corrected chi connectivity index (χ2v) is 7.05. The van der Waals surface area contributed by atoms with Crippen molar-refractivity contribution in [3.63, 3.8) is 0 Å². The first-order chi connectivity index (χ1) is 13.1. The van der Waals surface area contributed by atoms with E-state index in [1.807, 2.05) is 47.9 Å². The van der Waals surface area contributed by atoms with E-state index < -0.39 is 6.10 Å². The van der Waals surface area contributed by atoms with Crippen LogP contribution in [0.2, 0.25) is 0 Å². The molecule has 144 valence electrons. The first-order valence-electron chi connectivity index (χ1n) is 9.74. The summed E-state index contributed by atoms with van der Waals surface area (Å²) in [5.41, 5.74) is 9.66. The van der Waals surface area contributed by atoms with E-state index in [1.165, 1.54) is 12.8 Å². The summed E-state index contributed by atoms with van der Waals surface area (Å²) in [5, 5.41) is 10.6. The number of aliphatic hydroxyl groups is 1. The Labute approximate surface area is 161 Å². The molecule has 27 heavy (non-hydrogen) atoms. The minimum Gasteiger partial charge on any atom is -0.490 e. The number of imidazole rings is 1. The Bertz CT molecular complexity index is 888. The van der Waals surface area contributed by atoms with Crippen LogP contribution in [0.25, 0.3) is 11.0 Å². The van der Waals surface area contributed by atoms with Gasteiger partial charge in [-0.2, -0.15) is 0 Å². The number of ether oxygens (including phenoxy) is 1. The van der Waals surface area contributed by atoms with Gasteiger partial charge in [-0.1, -0.05) is 50.1 Å². The molecule has 0 fully saturated rings. The van der Waals surface area contributed by atoms with Crippen LogP contribution in [0.15, 0.2) is 48.5 Å². The third kappa shape index (κ3) is 4.42. The average molecular weight is 369 g/mol. The van der Waals surface area contributed by atoms with E-state index in [0.717, 1.165) is 35.3 Å². The molecular weight excluding hydrogens is 338 g/mol. The van der Waals surface area contributed by atoms with Crippen molar-refractivity contribution >= 4 is 17.0 Å². The molecule has 0 saturated carbocycles. The molecule has 3 rings (SSSR count). The molecule has 1 heterocycles. The van der Waals surface area contributed by atoms with E-state index in [-0.39, 0.29) is 6.61 Å². The first-order valence-corrected chi connectivity index (χ1v) is 9.74. The number of fused-ring (bicyclic) bond motifs is 1. The summed E-state index contributed by atoms with van der Waals surface area (Å²) < 4.78 is 9.94. The van der Waals surface area contributed by atoms with Crippen LogP contribution < -0.4 is 15.0 Å². The van der Waals surface area contributed by atoms with Crippen LogP contribution in [0.1, 0.15) is 31.7 Å². The molecule has 3 N–H and O–H groups in total. The van der Waals surface area contributed by atoms with Crippen molar-refractivity contribution in [2.24, 2.45) is 0 Å². The molecule has 0 unspecified atom stereocenters. The Morgan fingerprint density at radius 1 is 1.11 bits per heavy atom. The maximum Gasteiger partial charge on any atom is 0.356 e. The number of anilines is 1. The van der Waals surface area contributed by atoms with Crippen LogP contribution in [-0.2, 0) is 13.1 Å². The molecule has 0 bridgehead atoms. The van der Waals surface area contributed by atoms with Crippen LogP contribution >= 0.6 is 0 Å². The number of aliphatic hydroxyl groups excluding tert-OH is 1. The Morgan fingerprint density at radius 3 is 2.63 bits per heavy atom. The largest absolute Gasteiger partial charge is 0.490 e. The van der Waals surface area contributed by atoms with Crippen molar-refractivity contribution in [3.05, 3.63) is 54.1 Å². The Kier molecular flexibility index (Phi) is 6.35. The van der Waals surface area contributed by atoms with E-state index in [9.17, 15) is 5.11 Å². The van der Waals surface area contributed by atoms with Gasteiger partial charge in [0.05, 0.1) is 6.54 Å². The van der Waals surface area contributed by atoms with E-state index in [4.69, 9.17) is 10.5 Å². The maximum atomic E-state index is 10.6. The van der Waals surface area contributed by atoms with Gasteiger partial charge in [-0.3, -0.25) is 5.73 Å². The van der Waals surface area contributed by atoms with E-state index in [2.05, 4.69) is 23.6 Å². The average Bonchev–Trinajstić information content (AvgIpc) is 2.93. The van der Waals surface area contributed by atoms with Crippen molar-refractivity contribution in [1.82, 2.24) is 4.57 Å². The quantitative estimate of drug-likeness (QED) is 0.449. The van der Waals surface area contributed by atoms with Gasteiger partial charge in [-0.15, -0.1) is 0 Å². The normalized spacial score (nSPS) is 12.4. The summed E-state index contributed by atoms with van der Waals surface area (Å²) in [4.78, 5) is 0. The van der Waals surface area contributed by atoms with Crippen molar-refractivity contribution in [1.29, 1.82) is 0 Å². The fourth-order valence-corrected chi connectivity index (χ4v) is 3.43. The lowest BCUT2D eigenvalue weighted by molar-refractivity contribution is -0.665. The van der Waals surface area contributed by atoms with Crippen LogP contribution in [0, 0.1) is 6.92 Å². The zero-order valence-electron chi connectivity index (χ0n) is 16.3. The van der Waals surface area contributed by atoms with Crippen molar-refractivity contribution in [2.75, 3.05) is 12.3 Å². The maximum absolute atomic E-state index is 10.6. The molecule has 5 heteroatoms. The third-order valence-electron chi connectivity index (χ3n) is 4.92. The lowest BCUT2D eigenvalue weighted by atomic mass is 10.2. The highest BCUT2D eigenvalue weighted by Crippen LogP contribution is 2.19. The number of hydrogen-bond donors (Lipinski definition) is 2. The van der Waals surface area contributed by atoms with Crippen molar-refractivity contribution < 1.29 is 14.4 Å². The molecule has 0 spiro atoms. The monoisotopic (exact) mass is 368 g/mol. The van der Waals surface area contributed by atoms with Gasteiger partial charge in [0, 0.05) is 0 Å². The number of rotatable bonds is 9. The SMILES string of the molecule is CCCCCn1c(N)[n+](C[C@@H](O)COc2ccccc2C)c2ccccc21. The highest BCUT2D eigenvalue weighted by atomic mass is 16.5. The molecule has 0 aliphatic carbocycles. The number of para-hydroxylation sites is 3. The molecule has 1 aromatic heterocycles. The smallest absolute Gasteiger partial charge is 0.356 e. The lowest BCUT2D eigenvalue weighted by Gasteiger charge is -2.13. The van der Waals surface area contributed by atoms with Crippen LogP contribution in [0.3, 0.4) is 0 Å². The molecule has 0 aliphatic heterocycles. The molecule has 0 saturated heterocycles. The van der Waals surface area contributed by atoms with Gasteiger partial charge in [-0.25, -0.2) is 9.13 Å². The molecule has 0 aliphatic rings. The molecule has 1 atom stereocenters. The minimum atomic E-state index is -0.646. The summed E-state index contributed by atoms with van der Waals surface area (Å²) in [6, 6.07) is 16.0. The van der Waals surface area contributed by atoms with Gasteiger partial charge in [0.15, 0.2) is 0 Å². The zero-order chi connectivity index (χ0) is 19.2. The van der Waals surface area contributed by atoms with E-state index in [1.54, 1.807) is 0 Å². The summed E-state index contributed by atoms with van der Waals surface area (Å²) in [5.74, 6) is 1.48. The summed E-state index contributed by atoms with van der Waals surface area (Å²) in [6.07, 6.45) is 2.80. The topological polar surface area (TPSA) is 64.3 Å². The first kappa shape index (κ1) is 19.2. The predicted octanol–water partition coefficient (Wildman–Crippen LogP) is 3.45. The number of nitrogens with zero attached hydrogens (tertiary/aromatic N) is 2. The molecule has 2 aromatic carbocycles.